The number of hydrogen-bond acceptors (Lipinski definition) is 18. The van der Waals surface area contributed by atoms with E-state index in [4.69, 9.17) is 37.9 Å². The summed E-state index contributed by atoms with van der Waals surface area (Å²) in [6, 6.07) is 29.2. The van der Waals surface area contributed by atoms with E-state index in [-0.39, 0.29) is 138 Å². The van der Waals surface area contributed by atoms with Crippen LogP contribution in [0.15, 0.2) is 121 Å². The van der Waals surface area contributed by atoms with Crippen molar-refractivity contribution in [2.45, 2.75) is 25.9 Å². The second kappa shape index (κ2) is 24.6. The summed E-state index contributed by atoms with van der Waals surface area (Å²) < 4.78 is 50.6. The molecule has 0 saturated carbocycles. The predicted molar refractivity (Wildman–Crippen MR) is 321 cm³/mol. The van der Waals surface area contributed by atoms with Gasteiger partial charge in [0.15, 0.2) is 0 Å². The van der Waals surface area contributed by atoms with Crippen molar-refractivity contribution in [1.29, 1.82) is 0 Å². The Hall–Kier alpha value is -10.3. The molecular formula is C66H60N4O18. The highest BCUT2D eigenvalue weighted by molar-refractivity contribution is 6.45. The van der Waals surface area contributed by atoms with E-state index in [1.165, 1.54) is 66.6 Å². The molecule has 22 nitrogen and oxygen atoms in total. The lowest BCUT2D eigenvalue weighted by Crippen LogP contribution is -2.54. The Morgan fingerprint density at radius 2 is 0.591 bits per heavy atom. The Bertz CT molecular complexity index is 3770. The summed E-state index contributed by atoms with van der Waals surface area (Å²) in [5, 5.41) is 41.0. The van der Waals surface area contributed by atoms with Crippen LogP contribution in [0.2, 0.25) is 0 Å². The number of fused-ring (bicyclic) bond motifs is 2. The standard InChI is InChI=1S/C66H60N4O18/c1-35(61(75)67(19-23-71)20-24-72)69-63(77)45-31-49(85-41-15-7-11-37(27-41)81-3)55-57-51(87-43-17-9-13-39(29-43)83-5)33-47-54-48(66(80)70(65(47)79)36(2)62(76)68(21-25-73)22-26-74)34-52(88-44-18-10-14-40(30-44)84-6)58(60(54)57)56-50(32-46(64(69)78)53(45)59(55)56)86-42-16-8-12-38(28-42)82-4/h7-18,27-36,71-74H,19-26H2,1-6H3. The third kappa shape index (κ3) is 10.4. The molecule has 9 aromatic carbocycles. The first kappa shape index (κ1) is 59.5. The van der Waals surface area contributed by atoms with Gasteiger partial charge in [-0.25, -0.2) is 0 Å². The molecule has 2 aliphatic rings. The first-order valence-electron chi connectivity index (χ1n) is 28.0. The molecule has 0 bridgehead atoms. The van der Waals surface area contributed by atoms with Gasteiger partial charge in [0.2, 0.25) is 11.8 Å². The largest absolute Gasteiger partial charge is 0.497 e. The van der Waals surface area contributed by atoms with Crippen molar-refractivity contribution in [2.24, 2.45) is 0 Å². The molecule has 0 spiro atoms. The molecular weight excluding hydrogens is 1140 g/mol. The van der Waals surface area contributed by atoms with Crippen molar-refractivity contribution in [3.8, 4) is 69.0 Å². The molecule has 22 heteroatoms. The van der Waals surface area contributed by atoms with Crippen molar-refractivity contribution in [1.82, 2.24) is 19.6 Å². The van der Waals surface area contributed by atoms with Crippen LogP contribution in [-0.4, -0.2) is 169 Å². The molecule has 2 aliphatic heterocycles. The fraction of sp³-hybridized carbons (Fsp3) is 0.242. The minimum absolute atomic E-state index is 0.0513. The highest BCUT2D eigenvalue weighted by Crippen LogP contribution is 2.58. The van der Waals surface area contributed by atoms with Gasteiger partial charge in [0.05, 0.1) is 77.1 Å². The van der Waals surface area contributed by atoms with Gasteiger partial charge < -0.3 is 68.1 Å². The zero-order chi connectivity index (χ0) is 62.2. The van der Waals surface area contributed by atoms with Crippen LogP contribution in [0.3, 0.4) is 0 Å². The number of nitrogens with zero attached hydrogens (tertiary/aromatic N) is 4. The maximum Gasteiger partial charge on any atom is 0.262 e. The summed E-state index contributed by atoms with van der Waals surface area (Å²) in [6.07, 6.45) is 0. The number of amides is 6. The molecule has 0 fully saturated rings. The van der Waals surface area contributed by atoms with Gasteiger partial charge in [-0.05, 0) is 86.6 Å². The van der Waals surface area contributed by atoms with Crippen molar-refractivity contribution in [3.63, 3.8) is 0 Å². The van der Waals surface area contributed by atoms with E-state index in [9.17, 15) is 30.0 Å². The summed E-state index contributed by atoms with van der Waals surface area (Å²) in [4.78, 5) is 95.6. The van der Waals surface area contributed by atoms with Gasteiger partial charge >= 0.3 is 0 Å². The van der Waals surface area contributed by atoms with Crippen molar-refractivity contribution < 1.29 is 87.1 Å². The average Bonchev–Trinajstić information content (AvgIpc) is 0.676. The highest BCUT2D eigenvalue weighted by atomic mass is 16.5. The molecule has 9 aromatic rings. The van der Waals surface area contributed by atoms with E-state index in [1.807, 2.05) is 0 Å². The SMILES string of the molecule is COc1cccc(Oc2cc3c4c(cc(Oc5cccc(OC)c5)c5c6c(Oc7cccc(OC)c7)cc7c8c(cc(Oc9cccc(OC)c9)c(c2c45)c86)C(=O)N(C(C)C(=O)N(CCO)CCO)C7=O)C(=O)N(C(C)C(=O)N(CCO)CCO)C3=O)c1. The van der Waals surface area contributed by atoms with Gasteiger partial charge in [-0.2, -0.15) is 0 Å². The van der Waals surface area contributed by atoms with E-state index >= 15 is 19.2 Å². The number of hydrogen-bond donors (Lipinski definition) is 4. The molecule has 0 aromatic heterocycles. The average molecular weight is 1200 g/mol. The monoisotopic (exact) mass is 1200 g/mol. The summed E-state index contributed by atoms with van der Waals surface area (Å²) in [6.45, 7) is -0.0585. The van der Waals surface area contributed by atoms with E-state index in [1.54, 1.807) is 97.1 Å². The van der Waals surface area contributed by atoms with Crippen LogP contribution in [0.5, 0.6) is 69.0 Å². The molecule has 452 valence electrons. The van der Waals surface area contributed by atoms with Crippen LogP contribution in [0.25, 0.3) is 43.1 Å². The second-order valence-corrected chi connectivity index (χ2v) is 20.7. The molecule has 2 atom stereocenters. The van der Waals surface area contributed by atoms with Crippen molar-refractivity contribution in [3.05, 3.63) is 144 Å². The number of methoxy groups -OCH3 is 4. The Morgan fingerprint density at radius 1 is 0.364 bits per heavy atom. The number of benzene rings is 9. The number of rotatable bonds is 24. The molecule has 4 N–H and O–H groups in total. The molecule has 2 unspecified atom stereocenters. The van der Waals surface area contributed by atoms with Crippen LogP contribution in [-0.2, 0) is 9.59 Å². The van der Waals surface area contributed by atoms with Gasteiger partial charge in [-0.15, -0.1) is 0 Å². The normalized spacial score (nSPS) is 13.5. The minimum atomic E-state index is -1.51. The van der Waals surface area contributed by atoms with Crippen molar-refractivity contribution >= 4 is 78.5 Å². The third-order valence-electron chi connectivity index (χ3n) is 15.6. The lowest BCUT2D eigenvalue weighted by Gasteiger charge is -2.36. The number of aliphatic hydroxyl groups excluding tert-OH is 4. The van der Waals surface area contributed by atoms with E-state index in [0.29, 0.717) is 23.0 Å². The first-order chi connectivity index (χ1) is 42.6. The fourth-order valence-corrected chi connectivity index (χ4v) is 11.6. The number of aliphatic hydroxyl groups is 4. The van der Waals surface area contributed by atoms with Crippen LogP contribution in [0.4, 0.5) is 0 Å². The van der Waals surface area contributed by atoms with E-state index < -0.39 is 74.0 Å². The van der Waals surface area contributed by atoms with E-state index in [2.05, 4.69) is 0 Å². The topological polar surface area (TPSA) is 270 Å². The summed E-state index contributed by atoms with van der Waals surface area (Å²) in [5.41, 5.74) is -0.476. The van der Waals surface area contributed by atoms with Gasteiger partial charge in [-0.3, -0.25) is 38.6 Å². The fourth-order valence-electron chi connectivity index (χ4n) is 11.6. The number of ether oxygens (including phenoxy) is 8. The van der Waals surface area contributed by atoms with Gasteiger partial charge in [0.25, 0.3) is 23.6 Å². The summed E-state index contributed by atoms with van der Waals surface area (Å²) in [5.74, 6) is -3.08. The van der Waals surface area contributed by atoms with Crippen LogP contribution in [0.1, 0.15) is 55.3 Å². The minimum Gasteiger partial charge on any atom is -0.497 e. The Morgan fingerprint density at radius 3 is 0.807 bits per heavy atom. The number of carbonyl (C=O) groups is 6. The van der Waals surface area contributed by atoms with Gasteiger partial charge in [0, 0.05) is 93.5 Å². The smallest absolute Gasteiger partial charge is 0.262 e. The zero-order valence-electron chi connectivity index (χ0n) is 48.7. The lowest BCUT2D eigenvalue weighted by molar-refractivity contribution is -0.136. The summed E-state index contributed by atoms with van der Waals surface area (Å²) in [7, 11) is 5.89. The van der Waals surface area contributed by atoms with Crippen molar-refractivity contribution in [2.75, 3.05) is 81.0 Å². The molecule has 11 rings (SSSR count). The van der Waals surface area contributed by atoms with Crippen LogP contribution in [0, 0.1) is 0 Å². The predicted octanol–water partition coefficient (Wildman–Crippen LogP) is 8.54. The Kier molecular flexibility index (Phi) is 16.6. The molecule has 0 radical (unpaired) electrons. The van der Waals surface area contributed by atoms with Crippen LogP contribution < -0.4 is 37.9 Å². The molecule has 6 amide bonds. The number of carbonyl (C=O) groups excluding carboxylic acids is 6. The zero-order valence-corrected chi connectivity index (χ0v) is 48.7. The van der Waals surface area contributed by atoms with Gasteiger partial charge in [-0.1, -0.05) is 24.3 Å². The molecule has 2 heterocycles. The maximum atomic E-state index is 15.7. The molecule has 0 saturated heterocycles. The van der Waals surface area contributed by atoms with E-state index in [0.717, 1.165) is 19.6 Å². The van der Waals surface area contributed by atoms with Crippen LogP contribution >= 0.6 is 0 Å². The molecule has 88 heavy (non-hydrogen) atoms. The Balaban J connectivity index is 1.35. The maximum absolute atomic E-state index is 15.7. The first-order valence-corrected chi connectivity index (χ1v) is 28.0. The van der Waals surface area contributed by atoms with Gasteiger partial charge in [0.1, 0.15) is 81.1 Å². The quantitative estimate of drug-likeness (QED) is 0.0251. The second-order valence-electron chi connectivity index (χ2n) is 20.7. The lowest BCUT2D eigenvalue weighted by atomic mass is 9.80. The number of imide groups is 2. The highest BCUT2D eigenvalue weighted by Gasteiger charge is 2.46. The molecule has 0 aliphatic carbocycles. The Labute approximate surface area is 502 Å². The summed E-state index contributed by atoms with van der Waals surface area (Å²) >= 11 is 0. The third-order valence-corrected chi connectivity index (χ3v) is 15.6.